The number of benzene rings is 1. The predicted octanol–water partition coefficient (Wildman–Crippen LogP) is 3.21. The van der Waals surface area contributed by atoms with Gasteiger partial charge in [0.15, 0.2) is 0 Å². The van der Waals surface area contributed by atoms with Crippen LogP contribution < -0.4 is 4.74 Å². The lowest BCUT2D eigenvalue weighted by Crippen LogP contribution is -2.12. The van der Waals surface area contributed by atoms with Gasteiger partial charge in [0, 0.05) is 6.20 Å². The summed E-state index contributed by atoms with van der Waals surface area (Å²) in [6.45, 7) is -0.146. The first kappa shape index (κ1) is 14.3. The molecule has 2 rings (SSSR count). The van der Waals surface area contributed by atoms with E-state index in [0.717, 1.165) is 12.1 Å². The van der Waals surface area contributed by atoms with Gasteiger partial charge >= 0.3 is 6.18 Å². The predicted molar refractivity (Wildman–Crippen MR) is 66.1 cm³/mol. The fourth-order valence-corrected chi connectivity index (χ4v) is 1.63. The maximum atomic E-state index is 12.6. The van der Waals surface area contributed by atoms with Crippen molar-refractivity contribution in [3.63, 3.8) is 0 Å². The van der Waals surface area contributed by atoms with E-state index in [1.54, 1.807) is 18.3 Å². The summed E-state index contributed by atoms with van der Waals surface area (Å²) in [5.41, 5.74) is -0.640. The Kier molecular flexibility index (Phi) is 4.24. The molecule has 3 nitrogen and oxygen atoms in total. The van der Waals surface area contributed by atoms with Crippen LogP contribution in [0.15, 0.2) is 48.8 Å². The molecule has 1 heterocycles. The molecule has 106 valence electrons. The Bertz CT molecular complexity index is 558. The molecule has 0 aliphatic rings. The molecule has 0 spiro atoms. The molecule has 6 heteroatoms. The van der Waals surface area contributed by atoms with Crippen LogP contribution in [0.25, 0.3) is 0 Å². The van der Waals surface area contributed by atoms with Gasteiger partial charge < -0.3 is 9.84 Å². The number of aliphatic hydroxyl groups excluding tert-OH is 1. The Balaban J connectivity index is 2.04. The molecular formula is C14H12F3NO2. The van der Waals surface area contributed by atoms with Crippen molar-refractivity contribution in [3.8, 4) is 5.75 Å². The Morgan fingerprint density at radius 3 is 2.65 bits per heavy atom. The van der Waals surface area contributed by atoms with Crippen LogP contribution in [0.4, 0.5) is 13.2 Å². The number of aliphatic hydroxyl groups is 1. The van der Waals surface area contributed by atoms with Crippen molar-refractivity contribution in [1.82, 2.24) is 4.98 Å². The number of hydrogen-bond acceptors (Lipinski definition) is 3. The molecule has 0 amide bonds. The Labute approximate surface area is 113 Å². The van der Waals surface area contributed by atoms with Crippen LogP contribution in [0.5, 0.6) is 5.75 Å². The zero-order valence-corrected chi connectivity index (χ0v) is 10.3. The molecule has 0 saturated carbocycles. The fraction of sp³-hybridized carbons (Fsp3) is 0.214. The third-order valence-electron chi connectivity index (χ3n) is 2.64. The SMILES string of the molecule is OC(COc1cccnc1)c1cccc(C(F)(F)F)c1. The zero-order chi connectivity index (χ0) is 14.6. The molecule has 20 heavy (non-hydrogen) atoms. The molecule has 1 N–H and O–H groups in total. The lowest BCUT2D eigenvalue weighted by Gasteiger charge is -2.14. The molecule has 0 radical (unpaired) electrons. The quantitative estimate of drug-likeness (QED) is 0.936. The molecule has 1 atom stereocenters. The second-order valence-electron chi connectivity index (χ2n) is 4.14. The Hall–Kier alpha value is -2.08. The summed E-state index contributed by atoms with van der Waals surface area (Å²) >= 11 is 0. The molecule has 1 aromatic heterocycles. The van der Waals surface area contributed by atoms with Gasteiger partial charge in [-0.15, -0.1) is 0 Å². The first-order chi connectivity index (χ1) is 9.47. The number of rotatable bonds is 4. The third-order valence-corrected chi connectivity index (χ3v) is 2.64. The van der Waals surface area contributed by atoms with Gasteiger partial charge in [0.1, 0.15) is 18.5 Å². The largest absolute Gasteiger partial charge is 0.489 e. The van der Waals surface area contributed by atoms with Crippen LogP contribution in [-0.2, 0) is 6.18 Å². The molecular weight excluding hydrogens is 271 g/mol. The van der Waals surface area contributed by atoms with E-state index in [1.165, 1.54) is 18.3 Å². The minimum atomic E-state index is -4.43. The smallest absolute Gasteiger partial charge is 0.416 e. The van der Waals surface area contributed by atoms with E-state index in [9.17, 15) is 18.3 Å². The van der Waals surface area contributed by atoms with Gasteiger partial charge in [-0.1, -0.05) is 12.1 Å². The summed E-state index contributed by atoms with van der Waals surface area (Å²) in [4.78, 5) is 3.83. The maximum Gasteiger partial charge on any atom is 0.416 e. The Morgan fingerprint density at radius 2 is 2.00 bits per heavy atom. The highest BCUT2D eigenvalue weighted by Gasteiger charge is 2.30. The molecule has 1 unspecified atom stereocenters. The molecule has 1 aromatic carbocycles. The van der Waals surface area contributed by atoms with Crippen molar-refractivity contribution < 1.29 is 23.0 Å². The monoisotopic (exact) mass is 283 g/mol. The molecule has 0 fully saturated rings. The normalized spacial score (nSPS) is 13.0. The first-order valence-corrected chi connectivity index (χ1v) is 5.85. The van der Waals surface area contributed by atoms with Gasteiger partial charge in [-0.2, -0.15) is 13.2 Å². The summed E-state index contributed by atoms with van der Waals surface area (Å²) in [7, 11) is 0. The van der Waals surface area contributed by atoms with Gasteiger partial charge in [0.2, 0.25) is 0 Å². The van der Waals surface area contributed by atoms with Crippen molar-refractivity contribution in [3.05, 3.63) is 59.9 Å². The van der Waals surface area contributed by atoms with Gasteiger partial charge in [0.05, 0.1) is 11.8 Å². The number of alkyl halides is 3. The van der Waals surface area contributed by atoms with E-state index < -0.39 is 17.8 Å². The van der Waals surface area contributed by atoms with E-state index in [0.29, 0.717) is 5.75 Å². The minimum absolute atomic E-state index is 0.146. The molecule has 2 aromatic rings. The van der Waals surface area contributed by atoms with Crippen molar-refractivity contribution >= 4 is 0 Å². The van der Waals surface area contributed by atoms with Crippen molar-refractivity contribution in [2.45, 2.75) is 12.3 Å². The van der Waals surface area contributed by atoms with Crippen LogP contribution in [0.2, 0.25) is 0 Å². The van der Waals surface area contributed by atoms with Gasteiger partial charge in [-0.25, -0.2) is 0 Å². The van der Waals surface area contributed by atoms with E-state index in [4.69, 9.17) is 4.74 Å². The lowest BCUT2D eigenvalue weighted by atomic mass is 10.1. The minimum Gasteiger partial charge on any atom is -0.489 e. The van der Waals surface area contributed by atoms with Crippen LogP contribution in [0.3, 0.4) is 0 Å². The number of hydrogen-bond donors (Lipinski definition) is 1. The highest BCUT2D eigenvalue weighted by atomic mass is 19.4. The summed E-state index contributed by atoms with van der Waals surface area (Å²) in [6.07, 6.45) is -2.55. The number of pyridine rings is 1. The average Bonchev–Trinajstić information content (AvgIpc) is 2.45. The van der Waals surface area contributed by atoms with Crippen molar-refractivity contribution in [2.24, 2.45) is 0 Å². The van der Waals surface area contributed by atoms with Crippen molar-refractivity contribution in [1.29, 1.82) is 0 Å². The van der Waals surface area contributed by atoms with Crippen LogP contribution in [0.1, 0.15) is 17.2 Å². The zero-order valence-electron chi connectivity index (χ0n) is 10.3. The van der Waals surface area contributed by atoms with Crippen LogP contribution in [-0.4, -0.2) is 16.7 Å². The first-order valence-electron chi connectivity index (χ1n) is 5.85. The lowest BCUT2D eigenvalue weighted by molar-refractivity contribution is -0.137. The van der Waals surface area contributed by atoms with E-state index in [1.807, 2.05) is 0 Å². The fourth-order valence-electron chi connectivity index (χ4n) is 1.63. The second kappa shape index (κ2) is 5.92. The summed E-state index contributed by atoms with van der Waals surface area (Å²) in [6, 6.07) is 7.85. The topological polar surface area (TPSA) is 42.4 Å². The van der Waals surface area contributed by atoms with Gasteiger partial charge in [-0.05, 0) is 29.8 Å². The van der Waals surface area contributed by atoms with Gasteiger partial charge in [-0.3, -0.25) is 4.98 Å². The Morgan fingerprint density at radius 1 is 1.20 bits per heavy atom. The van der Waals surface area contributed by atoms with Crippen molar-refractivity contribution in [2.75, 3.05) is 6.61 Å². The molecule has 0 saturated heterocycles. The van der Waals surface area contributed by atoms with E-state index in [2.05, 4.69) is 4.98 Å². The standard InChI is InChI=1S/C14H12F3NO2/c15-14(16,17)11-4-1-3-10(7-11)13(19)9-20-12-5-2-6-18-8-12/h1-8,13,19H,9H2. The number of halogens is 3. The molecule has 0 aliphatic carbocycles. The summed E-state index contributed by atoms with van der Waals surface area (Å²) in [5, 5.41) is 9.86. The molecule has 0 bridgehead atoms. The highest BCUT2D eigenvalue weighted by molar-refractivity contribution is 5.27. The highest BCUT2D eigenvalue weighted by Crippen LogP contribution is 2.30. The number of nitrogens with zero attached hydrogens (tertiary/aromatic N) is 1. The average molecular weight is 283 g/mol. The van der Waals surface area contributed by atoms with Gasteiger partial charge in [0.25, 0.3) is 0 Å². The van der Waals surface area contributed by atoms with E-state index >= 15 is 0 Å². The molecule has 0 aliphatic heterocycles. The second-order valence-corrected chi connectivity index (χ2v) is 4.14. The summed E-state index contributed by atoms with van der Waals surface area (Å²) < 4.78 is 42.9. The summed E-state index contributed by atoms with van der Waals surface area (Å²) in [5.74, 6) is 0.443. The van der Waals surface area contributed by atoms with Crippen LogP contribution >= 0.6 is 0 Å². The number of ether oxygens (including phenoxy) is 1. The van der Waals surface area contributed by atoms with Crippen LogP contribution in [0, 0.1) is 0 Å². The third kappa shape index (κ3) is 3.71. The maximum absolute atomic E-state index is 12.6. The number of aromatic nitrogens is 1. The van der Waals surface area contributed by atoms with E-state index in [-0.39, 0.29) is 12.2 Å².